The molecule has 3 heteroatoms. The van der Waals surface area contributed by atoms with Gasteiger partial charge in [-0.25, -0.2) is 0 Å². The molecule has 0 fully saturated rings. The number of allylic oxidation sites excluding steroid dienone is 6. The maximum absolute atomic E-state index is 6.40. The van der Waals surface area contributed by atoms with Crippen molar-refractivity contribution >= 4 is 72.1 Å². The summed E-state index contributed by atoms with van der Waals surface area (Å²) < 4.78 is 12.8. The number of nitrogens with zero attached hydrogens (tertiary/aromatic N) is 1. The summed E-state index contributed by atoms with van der Waals surface area (Å²) in [5.74, 6) is 0. The van der Waals surface area contributed by atoms with Gasteiger partial charge in [0.2, 0.25) is 0 Å². The van der Waals surface area contributed by atoms with Crippen LogP contribution in [0.1, 0.15) is 17.5 Å². The maximum atomic E-state index is 6.40. The molecule has 0 bridgehead atoms. The Morgan fingerprint density at radius 1 is 0.328 bits per heavy atom. The summed E-state index contributed by atoms with van der Waals surface area (Å²) in [6, 6.07) is 75.4. The van der Waals surface area contributed by atoms with Crippen molar-refractivity contribution in [3.8, 4) is 33.4 Å². The lowest BCUT2D eigenvalue weighted by atomic mass is 9.98. The lowest BCUT2D eigenvalue weighted by molar-refractivity contribution is 0.667. The van der Waals surface area contributed by atoms with Gasteiger partial charge in [-0.2, -0.15) is 0 Å². The van der Waals surface area contributed by atoms with Crippen LogP contribution in [0, 0.1) is 0 Å². The third-order valence-electron chi connectivity index (χ3n) is 12.6. The monoisotopic (exact) mass is 819 g/mol. The normalized spacial score (nSPS) is 12.8. The third kappa shape index (κ3) is 6.72. The fraction of sp³-hybridized carbons (Fsp3) is 0.0164. The standard InChI is InChI=1S/C61H41NO2/c1-2-11-41(12-3-1)44-29-35-49(36-30-44)62(51-39-33-46(34-40-51)43-24-27-48(28-25-43)53-18-10-20-57-55-16-5-7-22-59(55)64-61(53)57)50-37-31-45(32-38-50)42-13-8-14-47(26-23-42)52-17-9-19-56-54-15-4-6-21-58(54)63-60(52)56/h1-13,15-40H,14H2. The van der Waals surface area contributed by atoms with Crippen LogP contribution in [0.2, 0.25) is 0 Å². The quantitative estimate of drug-likeness (QED) is 0.153. The van der Waals surface area contributed by atoms with Gasteiger partial charge in [0.05, 0.1) is 0 Å². The minimum atomic E-state index is 0.820. The molecule has 0 aliphatic heterocycles. The Morgan fingerprint density at radius 3 is 1.34 bits per heavy atom. The van der Waals surface area contributed by atoms with Crippen LogP contribution in [-0.4, -0.2) is 0 Å². The van der Waals surface area contributed by atoms with E-state index in [1.807, 2.05) is 24.3 Å². The van der Waals surface area contributed by atoms with Crippen molar-refractivity contribution < 1.29 is 8.83 Å². The van der Waals surface area contributed by atoms with E-state index < -0.39 is 0 Å². The van der Waals surface area contributed by atoms with Gasteiger partial charge in [-0.3, -0.25) is 0 Å². The highest BCUT2D eigenvalue weighted by atomic mass is 16.3. The molecule has 0 N–H and O–H groups in total. The Morgan fingerprint density at radius 2 is 0.766 bits per heavy atom. The molecule has 64 heavy (non-hydrogen) atoms. The molecule has 0 radical (unpaired) electrons. The molecule has 2 heterocycles. The van der Waals surface area contributed by atoms with Gasteiger partial charge >= 0.3 is 0 Å². The predicted octanol–water partition coefficient (Wildman–Crippen LogP) is 17.4. The molecular formula is C61H41NO2. The van der Waals surface area contributed by atoms with Crippen molar-refractivity contribution in [1.29, 1.82) is 0 Å². The van der Waals surface area contributed by atoms with Gasteiger partial charge in [0, 0.05) is 49.7 Å². The van der Waals surface area contributed by atoms with E-state index in [1.165, 1.54) is 22.3 Å². The Bertz CT molecular complexity index is 3590. The number of furan rings is 2. The predicted molar refractivity (Wildman–Crippen MR) is 268 cm³/mol. The first-order valence-corrected chi connectivity index (χ1v) is 21.9. The van der Waals surface area contributed by atoms with Crippen molar-refractivity contribution in [2.75, 3.05) is 4.90 Å². The van der Waals surface area contributed by atoms with Crippen molar-refractivity contribution in [3.63, 3.8) is 0 Å². The number of benzene rings is 9. The molecule has 0 unspecified atom stereocenters. The average Bonchev–Trinajstić information content (AvgIpc) is 3.84. The molecule has 0 saturated heterocycles. The minimum Gasteiger partial charge on any atom is -0.455 e. The Hall–Kier alpha value is -8.40. The third-order valence-corrected chi connectivity index (χ3v) is 12.6. The molecule has 2 aromatic heterocycles. The molecular weight excluding hydrogens is 779 g/mol. The highest BCUT2D eigenvalue weighted by molar-refractivity contribution is 6.10. The lowest BCUT2D eigenvalue weighted by Crippen LogP contribution is -2.09. The molecule has 12 rings (SSSR count). The Kier molecular flexibility index (Phi) is 9.23. The van der Waals surface area contributed by atoms with E-state index in [0.29, 0.717) is 0 Å². The van der Waals surface area contributed by atoms with Crippen LogP contribution in [0.4, 0.5) is 17.1 Å². The minimum absolute atomic E-state index is 0.820. The van der Waals surface area contributed by atoms with Crippen molar-refractivity contribution in [2.24, 2.45) is 0 Å². The van der Waals surface area contributed by atoms with E-state index in [2.05, 4.69) is 217 Å². The zero-order valence-corrected chi connectivity index (χ0v) is 35.0. The summed E-state index contributed by atoms with van der Waals surface area (Å²) in [5.41, 5.74) is 18.6. The summed E-state index contributed by atoms with van der Waals surface area (Å²) >= 11 is 0. The molecule has 11 aromatic rings. The number of rotatable bonds is 8. The van der Waals surface area contributed by atoms with Crippen LogP contribution in [0.5, 0.6) is 0 Å². The van der Waals surface area contributed by atoms with Crippen LogP contribution in [-0.2, 0) is 0 Å². The molecule has 0 atom stereocenters. The van der Waals surface area contributed by atoms with E-state index in [9.17, 15) is 0 Å². The van der Waals surface area contributed by atoms with Gasteiger partial charge in [-0.15, -0.1) is 0 Å². The van der Waals surface area contributed by atoms with Gasteiger partial charge < -0.3 is 13.7 Å². The second kappa shape index (κ2) is 15.8. The Balaban J connectivity index is 0.853. The van der Waals surface area contributed by atoms with Crippen LogP contribution in [0.15, 0.2) is 245 Å². The molecule has 0 spiro atoms. The highest BCUT2D eigenvalue weighted by Crippen LogP contribution is 2.40. The molecule has 302 valence electrons. The van der Waals surface area contributed by atoms with Gasteiger partial charge in [-0.05, 0) is 99.5 Å². The van der Waals surface area contributed by atoms with E-state index in [1.54, 1.807) is 0 Å². The zero-order valence-electron chi connectivity index (χ0n) is 35.0. The van der Waals surface area contributed by atoms with E-state index >= 15 is 0 Å². The number of hydrogen-bond acceptors (Lipinski definition) is 3. The van der Waals surface area contributed by atoms with Gasteiger partial charge in [0.1, 0.15) is 22.3 Å². The van der Waals surface area contributed by atoms with Gasteiger partial charge in [0.25, 0.3) is 0 Å². The molecule has 9 aromatic carbocycles. The Labute approximate surface area is 371 Å². The maximum Gasteiger partial charge on any atom is 0.143 e. The first kappa shape index (κ1) is 37.4. The van der Waals surface area contributed by atoms with Crippen molar-refractivity contribution in [3.05, 3.63) is 248 Å². The number of anilines is 3. The number of hydrogen-bond donors (Lipinski definition) is 0. The molecule has 0 saturated carbocycles. The number of fused-ring (bicyclic) bond motifs is 6. The van der Waals surface area contributed by atoms with Crippen LogP contribution in [0.25, 0.3) is 88.4 Å². The average molecular weight is 820 g/mol. The second-order valence-electron chi connectivity index (χ2n) is 16.4. The van der Waals surface area contributed by atoms with Crippen LogP contribution in [0.3, 0.4) is 0 Å². The summed E-state index contributed by atoms with van der Waals surface area (Å²) in [6.07, 6.45) is 9.81. The molecule has 0 amide bonds. The van der Waals surface area contributed by atoms with Gasteiger partial charge in [-0.1, -0.05) is 188 Å². The van der Waals surface area contributed by atoms with Crippen LogP contribution < -0.4 is 4.90 Å². The van der Waals surface area contributed by atoms with Crippen LogP contribution >= 0.6 is 0 Å². The SMILES string of the molecule is C1=CC(c2ccc(N(c3ccc(-c4ccccc4)cc3)c3ccc(-c4ccc(-c5cccc6c5oc5ccccc56)cc4)cc3)cc2)=CC=C(c2cccc3c2oc2ccccc23)C1. The van der Waals surface area contributed by atoms with Gasteiger partial charge in [0.15, 0.2) is 0 Å². The van der Waals surface area contributed by atoms with Crippen molar-refractivity contribution in [2.45, 2.75) is 6.42 Å². The summed E-state index contributed by atoms with van der Waals surface area (Å²) in [5, 5.41) is 4.58. The first-order valence-electron chi connectivity index (χ1n) is 21.9. The zero-order chi connectivity index (χ0) is 42.4. The smallest absolute Gasteiger partial charge is 0.143 e. The lowest BCUT2D eigenvalue weighted by Gasteiger charge is -2.26. The van der Waals surface area contributed by atoms with E-state index in [4.69, 9.17) is 8.83 Å². The highest BCUT2D eigenvalue weighted by Gasteiger charge is 2.17. The summed E-state index contributed by atoms with van der Waals surface area (Å²) in [6.45, 7) is 0. The molecule has 1 aliphatic carbocycles. The van der Waals surface area contributed by atoms with E-state index in [-0.39, 0.29) is 0 Å². The first-order chi connectivity index (χ1) is 31.7. The van der Waals surface area contributed by atoms with E-state index in [0.717, 1.165) is 101 Å². The topological polar surface area (TPSA) is 29.5 Å². The summed E-state index contributed by atoms with van der Waals surface area (Å²) in [7, 11) is 0. The largest absolute Gasteiger partial charge is 0.455 e. The second-order valence-corrected chi connectivity index (χ2v) is 16.4. The number of para-hydroxylation sites is 4. The molecule has 1 aliphatic rings. The fourth-order valence-corrected chi connectivity index (χ4v) is 9.32. The van der Waals surface area contributed by atoms with Crippen molar-refractivity contribution in [1.82, 2.24) is 0 Å². The fourth-order valence-electron chi connectivity index (χ4n) is 9.32. The summed E-state index contributed by atoms with van der Waals surface area (Å²) in [4.78, 5) is 2.34. The molecule has 3 nitrogen and oxygen atoms in total.